The van der Waals surface area contributed by atoms with Crippen molar-refractivity contribution in [2.75, 3.05) is 13.2 Å². The van der Waals surface area contributed by atoms with Gasteiger partial charge in [-0.3, -0.25) is 9.78 Å². The van der Waals surface area contributed by atoms with Crippen LogP contribution < -0.4 is 5.32 Å². The van der Waals surface area contributed by atoms with E-state index >= 15 is 0 Å². The van der Waals surface area contributed by atoms with Gasteiger partial charge in [0, 0.05) is 31.1 Å². The number of nitrogens with zero attached hydrogens (tertiary/aromatic N) is 1. The van der Waals surface area contributed by atoms with Crippen LogP contribution in [0.15, 0.2) is 24.5 Å². The van der Waals surface area contributed by atoms with Crippen molar-refractivity contribution in [2.24, 2.45) is 0 Å². The number of aliphatic hydroxyl groups is 1. The molecule has 4 heteroatoms. The van der Waals surface area contributed by atoms with Crippen molar-refractivity contribution < 1.29 is 9.90 Å². The van der Waals surface area contributed by atoms with E-state index in [4.69, 9.17) is 5.11 Å². The van der Waals surface area contributed by atoms with Crippen LogP contribution in [0, 0.1) is 0 Å². The summed E-state index contributed by atoms with van der Waals surface area (Å²) in [5, 5.41) is 11.3. The zero-order valence-electron chi connectivity index (χ0n) is 7.94. The van der Waals surface area contributed by atoms with E-state index < -0.39 is 0 Å². The zero-order valence-corrected chi connectivity index (χ0v) is 7.94. The van der Waals surface area contributed by atoms with Crippen LogP contribution in [0.2, 0.25) is 0 Å². The Hall–Kier alpha value is -1.42. The number of nitrogens with one attached hydrogen (secondary N) is 1. The third kappa shape index (κ3) is 3.53. The molecule has 1 rings (SSSR count). The molecule has 0 aliphatic heterocycles. The predicted octanol–water partition coefficient (Wildman–Crippen LogP) is 0.584. The zero-order chi connectivity index (χ0) is 10.2. The minimum absolute atomic E-state index is 0.0923. The first kappa shape index (κ1) is 10.7. The van der Waals surface area contributed by atoms with E-state index in [1.54, 1.807) is 24.5 Å². The summed E-state index contributed by atoms with van der Waals surface area (Å²) in [6.07, 6.45) is 4.69. The van der Waals surface area contributed by atoms with Crippen molar-refractivity contribution in [3.05, 3.63) is 30.1 Å². The van der Waals surface area contributed by atoms with Gasteiger partial charge in [0.25, 0.3) is 5.91 Å². The second-order valence-electron chi connectivity index (χ2n) is 2.92. The van der Waals surface area contributed by atoms with Crippen molar-refractivity contribution in [1.82, 2.24) is 10.3 Å². The lowest BCUT2D eigenvalue weighted by molar-refractivity contribution is 0.0952. The number of unbranched alkanes of at least 4 members (excludes halogenated alkanes) is 1. The molecule has 0 aliphatic rings. The quantitative estimate of drug-likeness (QED) is 0.674. The third-order valence-electron chi connectivity index (χ3n) is 1.81. The summed E-state index contributed by atoms with van der Waals surface area (Å²) in [4.78, 5) is 15.2. The lowest BCUT2D eigenvalue weighted by atomic mass is 10.2. The molecule has 2 N–H and O–H groups in total. The number of rotatable bonds is 5. The number of carbonyl (C=O) groups excluding carboxylic acids is 1. The van der Waals surface area contributed by atoms with Gasteiger partial charge in [-0.1, -0.05) is 0 Å². The molecule has 14 heavy (non-hydrogen) atoms. The van der Waals surface area contributed by atoms with Gasteiger partial charge < -0.3 is 10.4 Å². The lowest BCUT2D eigenvalue weighted by Crippen LogP contribution is -2.24. The highest BCUT2D eigenvalue weighted by atomic mass is 16.2. The molecule has 1 aromatic heterocycles. The van der Waals surface area contributed by atoms with Gasteiger partial charge in [0.1, 0.15) is 0 Å². The maximum Gasteiger partial charge on any atom is 0.251 e. The molecule has 0 unspecified atom stereocenters. The Balaban J connectivity index is 2.29. The van der Waals surface area contributed by atoms with Crippen LogP contribution in [-0.4, -0.2) is 29.1 Å². The number of pyridine rings is 1. The van der Waals surface area contributed by atoms with Crippen LogP contribution >= 0.6 is 0 Å². The average Bonchev–Trinajstić information content (AvgIpc) is 2.25. The molecule has 0 fully saturated rings. The first-order valence-corrected chi connectivity index (χ1v) is 4.63. The number of aliphatic hydroxyl groups excluding tert-OH is 1. The van der Waals surface area contributed by atoms with E-state index in [9.17, 15) is 4.79 Å². The van der Waals surface area contributed by atoms with Crippen LogP contribution in [0.1, 0.15) is 23.2 Å². The summed E-state index contributed by atoms with van der Waals surface area (Å²) in [5.74, 6) is -0.0923. The smallest absolute Gasteiger partial charge is 0.251 e. The standard InChI is InChI=1S/C10H14N2O2/c13-8-2-1-5-12-10(14)9-3-6-11-7-4-9/h3-4,6-7,13H,1-2,5,8H2,(H,12,14). The fraction of sp³-hybridized carbons (Fsp3) is 0.400. The monoisotopic (exact) mass is 194 g/mol. The molecule has 76 valence electrons. The SMILES string of the molecule is O=C(NCCCCO)c1ccncc1. The van der Waals surface area contributed by atoms with Crippen LogP contribution in [0.5, 0.6) is 0 Å². The molecular formula is C10H14N2O2. The van der Waals surface area contributed by atoms with Gasteiger partial charge in [-0.25, -0.2) is 0 Å². The minimum atomic E-state index is -0.0923. The van der Waals surface area contributed by atoms with Crippen molar-refractivity contribution in [1.29, 1.82) is 0 Å². The Morgan fingerprint density at radius 2 is 2.07 bits per heavy atom. The van der Waals surface area contributed by atoms with Crippen LogP contribution in [0.3, 0.4) is 0 Å². The summed E-state index contributed by atoms with van der Waals surface area (Å²) in [6, 6.07) is 3.34. The highest BCUT2D eigenvalue weighted by Crippen LogP contribution is 1.95. The number of hydrogen-bond acceptors (Lipinski definition) is 3. The van der Waals surface area contributed by atoms with E-state index in [-0.39, 0.29) is 12.5 Å². The maximum atomic E-state index is 11.4. The van der Waals surface area contributed by atoms with Gasteiger partial charge in [0.05, 0.1) is 0 Å². The van der Waals surface area contributed by atoms with Crippen molar-refractivity contribution in [2.45, 2.75) is 12.8 Å². The molecule has 0 aromatic carbocycles. The third-order valence-corrected chi connectivity index (χ3v) is 1.81. The maximum absolute atomic E-state index is 11.4. The first-order chi connectivity index (χ1) is 6.84. The topological polar surface area (TPSA) is 62.2 Å². The minimum Gasteiger partial charge on any atom is -0.396 e. The van der Waals surface area contributed by atoms with E-state index in [1.807, 2.05) is 0 Å². The molecule has 1 amide bonds. The normalized spacial score (nSPS) is 9.79. The number of aromatic nitrogens is 1. The highest BCUT2D eigenvalue weighted by Gasteiger charge is 2.02. The van der Waals surface area contributed by atoms with Crippen LogP contribution in [-0.2, 0) is 0 Å². The van der Waals surface area contributed by atoms with Gasteiger partial charge in [0.2, 0.25) is 0 Å². The van der Waals surface area contributed by atoms with Crippen LogP contribution in [0.4, 0.5) is 0 Å². The molecule has 0 bridgehead atoms. The van der Waals surface area contributed by atoms with E-state index in [0.717, 1.165) is 12.8 Å². The molecular weight excluding hydrogens is 180 g/mol. The summed E-state index contributed by atoms with van der Waals surface area (Å²) in [7, 11) is 0. The fourth-order valence-corrected chi connectivity index (χ4v) is 1.04. The molecule has 4 nitrogen and oxygen atoms in total. The van der Waals surface area contributed by atoms with Crippen molar-refractivity contribution >= 4 is 5.91 Å². The van der Waals surface area contributed by atoms with Gasteiger partial charge in [-0.2, -0.15) is 0 Å². The second kappa shape index (κ2) is 6.10. The van der Waals surface area contributed by atoms with E-state index in [1.165, 1.54) is 0 Å². The Labute approximate surface area is 83.0 Å². The average molecular weight is 194 g/mol. The Morgan fingerprint density at radius 3 is 2.71 bits per heavy atom. The Kier molecular flexibility index (Phi) is 4.64. The molecule has 1 aromatic rings. The van der Waals surface area contributed by atoms with Gasteiger partial charge in [0.15, 0.2) is 0 Å². The number of hydrogen-bond donors (Lipinski definition) is 2. The predicted molar refractivity (Wildman–Crippen MR) is 52.9 cm³/mol. The molecule has 0 spiro atoms. The van der Waals surface area contributed by atoms with Gasteiger partial charge >= 0.3 is 0 Å². The van der Waals surface area contributed by atoms with Crippen molar-refractivity contribution in [3.63, 3.8) is 0 Å². The molecule has 0 atom stereocenters. The molecule has 0 saturated heterocycles. The molecule has 0 aliphatic carbocycles. The van der Waals surface area contributed by atoms with E-state index in [2.05, 4.69) is 10.3 Å². The number of amides is 1. The van der Waals surface area contributed by atoms with Crippen molar-refractivity contribution in [3.8, 4) is 0 Å². The molecule has 1 heterocycles. The lowest BCUT2D eigenvalue weighted by Gasteiger charge is -2.03. The Bertz CT molecular complexity index is 275. The highest BCUT2D eigenvalue weighted by molar-refractivity contribution is 5.93. The first-order valence-electron chi connectivity index (χ1n) is 4.63. The van der Waals surface area contributed by atoms with E-state index in [0.29, 0.717) is 12.1 Å². The fourth-order valence-electron chi connectivity index (χ4n) is 1.04. The molecule has 0 radical (unpaired) electrons. The Morgan fingerprint density at radius 1 is 1.36 bits per heavy atom. The van der Waals surface area contributed by atoms with Crippen LogP contribution in [0.25, 0.3) is 0 Å². The largest absolute Gasteiger partial charge is 0.396 e. The number of carbonyl (C=O) groups is 1. The summed E-state index contributed by atoms with van der Waals surface area (Å²) >= 11 is 0. The molecule has 0 saturated carbocycles. The summed E-state index contributed by atoms with van der Waals surface area (Å²) in [5.41, 5.74) is 0.615. The summed E-state index contributed by atoms with van der Waals surface area (Å²) in [6.45, 7) is 0.771. The second-order valence-corrected chi connectivity index (χ2v) is 2.92. The summed E-state index contributed by atoms with van der Waals surface area (Å²) < 4.78 is 0. The van der Waals surface area contributed by atoms with Gasteiger partial charge in [-0.05, 0) is 25.0 Å². The van der Waals surface area contributed by atoms with Gasteiger partial charge in [-0.15, -0.1) is 0 Å².